The van der Waals surface area contributed by atoms with Gasteiger partial charge in [0, 0.05) is 76.5 Å². The maximum Gasteiger partial charge on any atom is 0.0814 e. The van der Waals surface area contributed by atoms with Crippen LogP contribution in [-0.2, 0) is 76.5 Å². The summed E-state index contributed by atoms with van der Waals surface area (Å²) in [5, 5.41) is 0. The predicted molar refractivity (Wildman–Crippen MR) is 9.94 cm³/mol. The minimum atomic E-state index is 0. The second-order valence-electron chi connectivity index (χ2n) is 0. The second kappa shape index (κ2) is 31.8. The minimum Gasteiger partial charge on any atom is 0 e. The molecule has 0 bridgehead atoms. The van der Waals surface area contributed by atoms with Crippen LogP contribution in [0.4, 0.5) is 0 Å². The van der Waals surface area contributed by atoms with Gasteiger partial charge >= 0.3 is 0 Å². The summed E-state index contributed by atoms with van der Waals surface area (Å²) >= 11 is 0. The zero-order valence-corrected chi connectivity index (χ0v) is 7.09. The predicted octanol–water partition coefficient (Wildman–Crippen LogP) is -1.19. The monoisotopic (exact) mass is 277 g/mol. The van der Waals surface area contributed by atoms with E-state index in [-0.39, 0.29) is 85.0 Å². The SMILES string of the molecule is B.[Co].[Fe].[Ni].[Zr]. The molecule has 0 fully saturated rings. The second-order valence-corrected chi connectivity index (χ2v) is 0. The third-order valence-corrected chi connectivity index (χ3v) is 0. The summed E-state index contributed by atoms with van der Waals surface area (Å²) in [5.74, 6) is 0. The van der Waals surface area contributed by atoms with Crippen LogP contribution >= 0.6 is 0 Å². The molecule has 5 heavy (non-hydrogen) atoms. The molecule has 0 nitrogen and oxygen atoms in total. The first-order chi connectivity index (χ1) is 0. The topological polar surface area (TPSA) is 0 Å². The van der Waals surface area contributed by atoms with Gasteiger partial charge in [0.1, 0.15) is 0 Å². The van der Waals surface area contributed by atoms with Crippen molar-refractivity contribution in [2.75, 3.05) is 0 Å². The first-order valence-electron chi connectivity index (χ1n) is 0. The molecule has 0 saturated heterocycles. The van der Waals surface area contributed by atoms with Gasteiger partial charge in [0.25, 0.3) is 0 Å². The molecule has 0 saturated carbocycles. The first kappa shape index (κ1) is 51.3. The van der Waals surface area contributed by atoms with Gasteiger partial charge in [-0.05, 0) is 0 Å². The molecule has 0 spiro atoms. The first-order valence-corrected chi connectivity index (χ1v) is 0. The van der Waals surface area contributed by atoms with Crippen LogP contribution in [0.2, 0.25) is 0 Å². The average Bonchev–Trinajstić information content (AvgIpc) is 0. The van der Waals surface area contributed by atoms with E-state index in [0.29, 0.717) is 0 Å². The van der Waals surface area contributed by atoms with Crippen LogP contribution in [0.1, 0.15) is 0 Å². The largest absolute Gasteiger partial charge is 0.0814 e. The van der Waals surface area contributed by atoms with Crippen molar-refractivity contribution in [3.8, 4) is 0 Å². The van der Waals surface area contributed by atoms with E-state index in [0.717, 1.165) is 0 Å². The summed E-state index contributed by atoms with van der Waals surface area (Å²) in [4.78, 5) is 0. The van der Waals surface area contributed by atoms with Crippen molar-refractivity contribution < 1.29 is 76.5 Å². The van der Waals surface area contributed by atoms with Crippen LogP contribution in [0, 0.1) is 0 Å². The van der Waals surface area contributed by atoms with E-state index in [9.17, 15) is 0 Å². The van der Waals surface area contributed by atoms with E-state index >= 15 is 0 Å². The fraction of sp³-hybridized carbons (Fsp3) is 0. The number of hydrogen-bond acceptors (Lipinski definition) is 0. The van der Waals surface area contributed by atoms with E-state index in [1.165, 1.54) is 0 Å². The van der Waals surface area contributed by atoms with E-state index in [2.05, 4.69) is 0 Å². The molecule has 0 aromatic carbocycles. The average molecular weight is 279 g/mol. The fourth-order valence-electron chi connectivity index (χ4n) is 0. The summed E-state index contributed by atoms with van der Waals surface area (Å²) in [6.45, 7) is 0. The molecular weight excluding hydrogens is 276 g/mol. The Morgan fingerprint density at radius 1 is 1.00 bits per heavy atom. The van der Waals surface area contributed by atoms with E-state index < -0.39 is 0 Å². The van der Waals surface area contributed by atoms with Gasteiger partial charge in [-0.15, -0.1) is 0 Å². The van der Waals surface area contributed by atoms with Crippen LogP contribution in [0.3, 0.4) is 0 Å². The maximum atomic E-state index is 0. The Hall–Kier alpha value is 2.47. The van der Waals surface area contributed by atoms with Crippen LogP contribution in [0.25, 0.3) is 0 Å². The molecule has 0 unspecified atom stereocenters. The van der Waals surface area contributed by atoms with Crippen molar-refractivity contribution in [1.29, 1.82) is 0 Å². The summed E-state index contributed by atoms with van der Waals surface area (Å²) in [7, 11) is 0. The summed E-state index contributed by atoms with van der Waals surface area (Å²) in [6, 6.07) is 0. The Labute approximate surface area is 83.9 Å². The molecule has 37 valence electrons. The van der Waals surface area contributed by atoms with Crippen LogP contribution in [-0.4, -0.2) is 8.41 Å². The van der Waals surface area contributed by atoms with Crippen LogP contribution in [0.5, 0.6) is 0 Å². The Morgan fingerprint density at radius 2 is 1.00 bits per heavy atom. The Balaban J connectivity index is 0. The summed E-state index contributed by atoms with van der Waals surface area (Å²) < 4.78 is 0. The van der Waals surface area contributed by atoms with Crippen molar-refractivity contribution in [1.82, 2.24) is 0 Å². The van der Waals surface area contributed by atoms with E-state index in [1.54, 1.807) is 0 Å². The molecule has 0 aliphatic heterocycles. The van der Waals surface area contributed by atoms with Crippen molar-refractivity contribution in [3.05, 3.63) is 0 Å². The zero-order valence-electron chi connectivity index (χ0n) is 1.50. The molecule has 5 heteroatoms. The summed E-state index contributed by atoms with van der Waals surface area (Å²) in [6.07, 6.45) is 0. The van der Waals surface area contributed by atoms with Crippen molar-refractivity contribution >= 4 is 8.41 Å². The van der Waals surface area contributed by atoms with Crippen molar-refractivity contribution in [3.63, 3.8) is 0 Å². The van der Waals surface area contributed by atoms with Gasteiger partial charge in [-0.1, -0.05) is 0 Å². The Kier molecular flexibility index (Phi) is 326. The molecule has 0 aromatic heterocycles. The minimum absolute atomic E-state index is 0. The standard InChI is InChI=1S/BH3.Co.Fe.Ni.Zr/h1H3;;;;. The van der Waals surface area contributed by atoms with Gasteiger partial charge in [0.05, 0.1) is 8.41 Å². The third-order valence-electron chi connectivity index (χ3n) is 0. The number of rotatable bonds is 0. The van der Waals surface area contributed by atoms with E-state index in [4.69, 9.17) is 0 Å². The van der Waals surface area contributed by atoms with Gasteiger partial charge in [0.2, 0.25) is 0 Å². The molecule has 0 rings (SSSR count). The Morgan fingerprint density at radius 3 is 1.00 bits per heavy atom. The molecule has 1 radical (unpaired) electrons. The quantitative estimate of drug-likeness (QED) is 0.489. The van der Waals surface area contributed by atoms with Gasteiger partial charge in [-0.2, -0.15) is 0 Å². The normalized spacial score (nSPS) is 0. The zero-order chi connectivity index (χ0) is 0. The molecule has 0 N–H and O–H groups in total. The molecule has 0 aliphatic carbocycles. The van der Waals surface area contributed by atoms with Crippen molar-refractivity contribution in [2.24, 2.45) is 0 Å². The van der Waals surface area contributed by atoms with Gasteiger partial charge in [0.15, 0.2) is 0 Å². The van der Waals surface area contributed by atoms with Crippen LogP contribution in [0.15, 0.2) is 0 Å². The van der Waals surface area contributed by atoms with Gasteiger partial charge in [-0.25, -0.2) is 0 Å². The molecular formula is H3BCoFeNiZr. The van der Waals surface area contributed by atoms with Gasteiger partial charge in [-0.3, -0.25) is 0 Å². The smallest absolute Gasteiger partial charge is 0 e. The fourth-order valence-corrected chi connectivity index (χ4v) is 0. The summed E-state index contributed by atoms with van der Waals surface area (Å²) in [5.41, 5.74) is 0. The van der Waals surface area contributed by atoms with E-state index in [1.807, 2.05) is 0 Å². The Bertz CT molecular complexity index is 11.6. The van der Waals surface area contributed by atoms with Crippen molar-refractivity contribution in [2.45, 2.75) is 0 Å². The molecule has 0 amide bonds. The molecule has 0 aliphatic rings. The molecule has 0 heterocycles. The van der Waals surface area contributed by atoms with Crippen LogP contribution < -0.4 is 0 Å². The molecule has 0 atom stereocenters. The third kappa shape index (κ3) is 21.2. The maximum absolute atomic E-state index is 0. The molecule has 0 aromatic rings. The van der Waals surface area contributed by atoms with Gasteiger partial charge < -0.3 is 0 Å². The number of hydrogen-bond donors (Lipinski definition) is 0.